The van der Waals surface area contributed by atoms with Crippen LogP contribution in [-0.2, 0) is 10.0 Å². The lowest BCUT2D eigenvalue weighted by Crippen LogP contribution is -2.38. The Morgan fingerprint density at radius 3 is 2.61 bits per heavy atom. The number of sulfonamides is 1. The maximum atomic E-state index is 12.8. The molecule has 0 bridgehead atoms. The fourth-order valence-corrected chi connectivity index (χ4v) is 5.23. The lowest BCUT2D eigenvalue weighted by molar-refractivity contribution is 0.0693. The van der Waals surface area contributed by atoms with Crippen LogP contribution in [0, 0.1) is 0 Å². The maximum absolute atomic E-state index is 12.8. The number of amides is 1. The summed E-state index contributed by atoms with van der Waals surface area (Å²) in [4.78, 5) is 14.8. The summed E-state index contributed by atoms with van der Waals surface area (Å²) in [5.41, 5.74) is 1.19. The first kappa shape index (κ1) is 16.3. The first-order chi connectivity index (χ1) is 11.0. The number of anilines is 1. The zero-order chi connectivity index (χ0) is 16.4. The second kappa shape index (κ2) is 6.51. The highest BCUT2D eigenvalue weighted by Gasteiger charge is 2.30. The van der Waals surface area contributed by atoms with Crippen LogP contribution in [0.2, 0.25) is 0 Å². The van der Waals surface area contributed by atoms with Crippen LogP contribution in [-0.4, -0.2) is 44.1 Å². The monoisotopic (exact) mass is 336 g/mol. The van der Waals surface area contributed by atoms with Crippen molar-refractivity contribution >= 4 is 21.6 Å². The molecule has 0 unspecified atom stereocenters. The van der Waals surface area contributed by atoms with Crippen molar-refractivity contribution in [2.75, 3.05) is 23.1 Å². The zero-order valence-corrected chi connectivity index (χ0v) is 14.4. The van der Waals surface area contributed by atoms with E-state index < -0.39 is 10.0 Å². The van der Waals surface area contributed by atoms with Crippen molar-refractivity contribution in [2.45, 2.75) is 45.1 Å². The van der Waals surface area contributed by atoms with E-state index in [0.29, 0.717) is 36.8 Å². The van der Waals surface area contributed by atoms with Crippen molar-refractivity contribution in [3.05, 3.63) is 29.8 Å². The minimum atomic E-state index is -3.22. The Balaban J connectivity index is 1.85. The third kappa shape index (κ3) is 3.22. The molecule has 1 saturated carbocycles. The zero-order valence-electron chi connectivity index (χ0n) is 13.6. The van der Waals surface area contributed by atoms with Crippen molar-refractivity contribution in [1.82, 2.24) is 4.90 Å². The van der Waals surface area contributed by atoms with Gasteiger partial charge in [-0.2, -0.15) is 0 Å². The number of carbonyl (C=O) groups excluding carboxylic acids is 1. The van der Waals surface area contributed by atoms with Gasteiger partial charge in [0.05, 0.1) is 11.4 Å². The molecule has 1 saturated heterocycles. The topological polar surface area (TPSA) is 57.7 Å². The minimum absolute atomic E-state index is 0.0119. The second-order valence-corrected chi connectivity index (χ2v) is 8.33. The van der Waals surface area contributed by atoms with Crippen LogP contribution in [0.25, 0.3) is 0 Å². The fourth-order valence-electron chi connectivity index (χ4n) is 3.67. The van der Waals surface area contributed by atoms with E-state index >= 15 is 0 Å². The predicted molar refractivity (Wildman–Crippen MR) is 91.2 cm³/mol. The van der Waals surface area contributed by atoms with Crippen LogP contribution in [0.4, 0.5) is 5.69 Å². The van der Waals surface area contributed by atoms with Crippen molar-refractivity contribution in [3.8, 4) is 0 Å². The molecule has 2 aliphatic rings. The SMILES string of the molecule is CCN(C(=O)c1cccc(N2CCCS2(=O)=O)c1)C1CCCC1. The molecule has 23 heavy (non-hydrogen) atoms. The molecule has 0 aromatic heterocycles. The number of benzene rings is 1. The quantitative estimate of drug-likeness (QED) is 0.849. The van der Waals surface area contributed by atoms with Gasteiger partial charge in [-0.25, -0.2) is 8.42 Å². The Morgan fingerprint density at radius 2 is 2.00 bits per heavy atom. The summed E-state index contributed by atoms with van der Waals surface area (Å²) in [6, 6.07) is 7.38. The number of hydrogen-bond acceptors (Lipinski definition) is 3. The van der Waals surface area contributed by atoms with Crippen LogP contribution < -0.4 is 4.31 Å². The van der Waals surface area contributed by atoms with Gasteiger partial charge in [0.2, 0.25) is 10.0 Å². The van der Waals surface area contributed by atoms with E-state index in [0.717, 1.165) is 12.8 Å². The average molecular weight is 336 g/mol. The lowest BCUT2D eigenvalue weighted by atomic mass is 10.1. The summed E-state index contributed by atoms with van der Waals surface area (Å²) in [5, 5.41) is 0. The Labute approximate surface area is 138 Å². The van der Waals surface area contributed by atoms with Crippen LogP contribution >= 0.6 is 0 Å². The molecule has 3 rings (SSSR count). The molecule has 2 fully saturated rings. The molecule has 1 aliphatic carbocycles. The highest BCUT2D eigenvalue weighted by atomic mass is 32.2. The summed E-state index contributed by atoms with van der Waals surface area (Å²) in [5.74, 6) is 0.201. The molecule has 1 amide bonds. The fraction of sp³-hybridized carbons (Fsp3) is 0.588. The summed E-state index contributed by atoms with van der Waals surface area (Å²) in [6.07, 6.45) is 5.14. The summed E-state index contributed by atoms with van der Waals surface area (Å²) < 4.78 is 25.6. The summed E-state index contributed by atoms with van der Waals surface area (Å²) in [6.45, 7) is 3.20. The largest absolute Gasteiger partial charge is 0.336 e. The molecule has 0 radical (unpaired) electrons. The highest BCUT2D eigenvalue weighted by Crippen LogP contribution is 2.27. The van der Waals surface area contributed by atoms with Gasteiger partial charge in [-0.15, -0.1) is 0 Å². The first-order valence-corrected chi connectivity index (χ1v) is 10.1. The highest BCUT2D eigenvalue weighted by molar-refractivity contribution is 7.93. The molecule has 1 aliphatic heterocycles. The number of carbonyl (C=O) groups is 1. The molecule has 5 nitrogen and oxygen atoms in total. The van der Waals surface area contributed by atoms with Crippen molar-refractivity contribution in [3.63, 3.8) is 0 Å². The van der Waals surface area contributed by atoms with Gasteiger partial charge in [-0.05, 0) is 44.4 Å². The molecular weight excluding hydrogens is 312 g/mol. The van der Waals surface area contributed by atoms with Crippen LogP contribution in [0.5, 0.6) is 0 Å². The number of nitrogens with zero attached hydrogens (tertiary/aromatic N) is 2. The van der Waals surface area contributed by atoms with Crippen molar-refractivity contribution in [1.29, 1.82) is 0 Å². The molecule has 1 heterocycles. The molecule has 126 valence electrons. The van der Waals surface area contributed by atoms with Crippen molar-refractivity contribution < 1.29 is 13.2 Å². The summed E-state index contributed by atoms with van der Waals surface area (Å²) >= 11 is 0. The average Bonchev–Trinajstić information content (AvgIpc) is 3.17. The molecule has 6 heteroatoms. The van der Waals surface area contributed by atoms with E-state index in [1.54, 1.807) is 24.3 Å². The van der Waals surface area contributed by atoms with E-state index in [9.17, 15) is 13.2 Å². The third-order valence-electron chi connectivity index (χ3n) is 4.85. The van der Waals surface area contributed by atoms with E-state index in [4.69, 9.17) is 0 Å². The standard InChI is InChI=1S/C17H24N2O3S/c1-2-18(15-8-3-4-9-15)17(20)14-7-5-10-16(13-14)19-11-6-12-23(19,21)22/h5,7,10,13,15H,2-4,6,8-9,11-12H2,1H3. The Morgan fingerprint density at radius 1 is 1.26 bits per heavy atom. The van der Waals surface area contributed by atoms with E-state index in [2.05, 4.69) is 0 Å². The molecule has 0 N–H and O–H groups in total. The van der Waals surface area contributed by atoms with Gasteiger partial charge in [-0.3, -0.25) is 9.10 Å². The predicted octanol–water partition coefficient (Wildman–Crippen LogP) is 2.63. The van der Waals surface area contributed by atoms with E-state index in [-0.39, 0.29) is 11.7 Å². The van der Waals surface area contributed by atoms with Gasteiger partial charge < -0.3 is 4.90 Å². The molecular formula is C17H24N2O3S. The normalized spacial score (nSPS) is 20.8. The molecule has 0 spiro atoms. The summed E-state index contributed by atoms with van der Waals surface area (Å²) in [7, 11) is -3.22. The Bertz CT molecular complexity index is 681. The van der Waals surface area contributed by atoms with Crippen LogP contribution in [0.3, 0.4) is 0 Å². The maximum Gasteiger partial charge on any atom is 0.254 e. The second-order valence-electron chi connectivity index (χ2n) is 6.32. The van der Waals surface area contributed by atoms with E-state index in [1.165, 1.54) is 17.1 Å². The third-order valence-corrected chi connectivity index (χ3v) is 6.72. The van der Waals surface area contributed by atoms with Gasteiger partial charge in [0, 0.05) is 24.7 Å². The molecule has 0 atom stereocenters. The molecule has 1 aromatic carbocycles. The smallest absolute Gasteiger partial charge is 0.254 e. The first-order valence-electron chi connectivity index (χ1n) is 8.44. The Hall–Kier alpha value is -1.56. The van der Waals surface area contributed by atoms with E-state index in [1.807, 2.05) is 11.8 Å². The van der Waals surface area contributed by atoms with Gasteiger partial charge in [0.25, 0.3) is 5.91 Å². The van der Waals surface area contributed by atoms with Gasteiger partial charge in [-0.1, -0.05) is 18.9 Å². The number of rotatable bonds is 4. The van der Waals surface area contributed by atoms with Gasteiger partial charge >= 0.3 is 0 Å². The lowest BCUT2D eigenvalue weighted by Gasteiger charge is -2.28. The molecule has 1 aromatic rings. The van der Waals surface area contributed by atoms with Crippen LogP contribution in [0.15, 0.2) is 24.3 Å². The number of hydrogen-bond donors (Lipinski definition) is 0. The Kier molecular flexibility index (Phi) is 4.62. The minimum Gasteiger partial charge on any atom is -0.336 e. The van der Waals surface area contributed by atoms with Gasteiger partial charge in [0.15, 0.2) is 0 Å². The van der Waals surface area contributed by atoms with Crippen LogP contribution in [0.1, 0.15) is 49.4 Å². The van der Waals surface area contributed by atoms with Crippen molar-refractivity contribution in [2.24, 2.45) is 0 Å². The van der Waals surface area contributed by atoms with Gasteiger partial charge in [0.1, 0.15) is 0 Å².